The summed E-state index contributed by atoms with van der Waals surface area (Å²) in [6.45, 7) is 7.64. The predicted molar refractivity (Wildman–Crippen MR) is 81.5 cm³/mol. The van der Waals surface area contributed by atoms with Crippen LogP contribution < -0.4 is 5.32 Å². The first kappa shape index (κ1) is 14.1. The van der Waals surface area contributed by atoms with Crippen LogP contribution in [0, 0.1) is 0 Å². The Hall–Kier alpha value is -1.28. The minimum atomic E-state index is 0.335. The molecule has 0 fully saturated rings. The van der Waals surface area contributed by atoms with E-state index in [0.29, 0.717) is 6.04 Å². The highest BCUT2D eigenvalue weighted by atomic mass is 16.3. The van der Waals surface area contributed by atoms with Crippen molar-refractivity contribution in [1.29, 1.82) is 0 Å². The Labute approximate surface area is 116 Å². The molecule has 1 aromatic heterocycles. The molecule has 2 rings (SSSR count). The van der Waals surface area contributed by atoms with E-state index in [4.69, 9.17) is 4.42 Å². The molecule has 2 heteroatoms. The van der Waals surface area contributed by atoms with E-state index in [0.717, 1.165) is 37.2 Å². The number of hydrogen-bond acceptors (Lipinski definition) is 2. The second-order valence-corrected chi connectivity index (χ2v) is 5.19. The SMILES string of the molecule is CCCNC(CC)c1cc2cc(CCC)ccc2o1. The summed E-state index contributed by atoms with van der Waals surface area (Å²) in [5.74, 6) is 1.07. The third-order valence-electron chi connectivity index (χ3n) is 3.53. The quantitative estimate of drug-likeness (QED) is 0.770. The number of hydrogen-bond donors (Lipinski definition) is 1. The molecular formula is C17H25NO. The van der Waals surface area contributed by atoms with Crippen molar-refractivity contribution in [1.82, 2.24) is 5.32 Å². The van der Waals surface area contributed by atoms with Gasteiger partial charge in [0.25, 0.3) is 0 Å². The van der Waals surface area contributed by atoms with Crippen LogP contribution in [0.4, 0.5) is 0 Å². The molecule has 0 aliphatic heterocycles. The first-order valence-electron chi connectivity index (χ1n) is 7.54. The summed E-state index contributed by atoms with van der Waals surface area (Å²) in [5, 5.41) is 4.78. The van der Waals surface area contributed by atoms with Crippen LogP contribution in [0.25, 0.3) is 11.0 Å². The van der Waals surface area contributed by atoms with Gasteiger partial charge in [0.15, 0.2) is 0 Å². The second-order valence-electron chi connectivity index (χ2n) is 5.19. The summed E-state index contributed by atoms with van der Waals surface area (Å²) in [5.41, 5.74) is 2.41. The van der Waals surface area contributed by atoms with Crippen molar-refractivity contribution in [3.8, 4) is 0 Å². The van der Waals surface area contributed by atoms with Crippen LogP contribution in [0.2, 0.25) is 0 Å². The van der Waals surface area contributed by atoms with E-state index in [1.165, 1.54) is 17.4 Å². The monoisotopic (exact) mass is 259 g/mol. The van der Waals surface area contributed by atoms with Crippen molar-refractivity contribution in [3.63, 3.8) is 0 Å². The molecule has 0 spiro atoms. The largest absolute Gasteiger partial charge is 0.459 e. The molecule has 1 atom stereocenters. The van der Waals surface area contributed by atoms with Crippen LogP contribution in [0.1, 0.15) is 57.4 Å². The Morgan fingerprint density at radius 1 is 1.11 bits per heavy atom. The van der Waals surface area contributed by atoms with Gasteiger partial charge in [0.1, 0.15) is 11.3 Å². The normalized spacial score (nSPS) is 13.0. The Kier molecular flexibility index (Phi) is 5.03. The van der Waals surface area contributed by atoms with Crippen LogP contribution in [0.5, 0.6) is 0 Å². The Morgan fingerprint density at radius 2 is 1.95 bits per heavy atom. The van der Waals surface area contributed by atoms with Gasteiger partial charge in [-0.05, 0) is 49.6 Å². The molecule has 1 heterocycles. The van der Waals surface area contributed by atoms with Crippen molar-refractivity contribution in [2.75, 3.05) is 6.54 Å². The maximum Gasteiger partial charge on any atom is 0.134 e. The van der Waals surface area contributed by atoms with Crippen LogP contribution in [-0.2, 0) is 6.42 Å². The number of aryl methyl sites for hydroxylation is 1. The fourth-order valence-electron chi connectivity index (χ4n) is 2.49. The van der Waals surface area contributed by atoms with Crippen LogP contribution in [0.15, 0.2) is 28.7 Å². The van der Waals surface area contributed by atoms with Crippen molar-refractivity contribution >= 4 is 11.0 Å². The first-order valence-corrected chi connectivity index (χ1v) is 7.54. The summed E-state index contributed by atoms with van der Waals surface area (Å²) in [6.07, 6.45) is 4.53. The van der Waals surface area contributed by atoms with Gasteiger partial charge in [0, 0.05) is 5.39 Å². The van der Waals surface area contributed by atoms with Crippen molar-refractivity contribution in [3.05, 3.63) is 35.6 Å². The van der Waals surface area contributed by atoms with Gasteiger partial charge in [0.05, 0.1) is 6.04 Å². The molecule has 2 aromatic rings. The highest BCUT2D eigenvalue weighted by Gasteiger charge is 2.13. The minimum absolute atomic E-state index is 0.335. The van der Waals surface area contributed by atoms with Gasteiger partial charge in [-0.15, -0.1) is 0 Å². The fraction of sp³-hybridized carbons (Fsp3) is 0.529. The molecule has 2 nitrogen and oxygen atoms in total. The Balaban J connectivity index is 2.24. The van der Waals surface area contributed by atoms with Gasteiger partial charge in [-0.3, -0.25) is 0 Å². The Bertz CT molecular complexity index is 515. The smallest absolute Gasteiger partial charge is 0.134 e. The van der Waals surface area contributed by atoms with Crippen molar-refractivity contribution < 1.29 is 4.42 Å². The average Bonchev–Trinajstić information content (AvgIpc) is 2.83. The number of nitrogens with one attached hydrogen (secondary N) is 1. The molecule has 0 radical (unpaired) electrons. The van der Waals surface area contributed by atoms with Crippen LogP contribution in [-0.4, -0.2) is 6.54 Å². The van der Waals surface area contributed by atoms with Gasteiger partial charge < -0.3 is 9.73 Å². The number of furan rings is 1. The van der Waals surface area contributed by atoms with E-state index in [2.05, 4.69) is 50.4 Å². The minimum Gasteiger partial charge on any atom is -0.459 e. The van der Waals surface area contributed by atoms with Gasteiger partial charge in [0.2, 0.25) is 0 Å². The van der Waals surface area contributed by atoms with Gasteiger partial charge in [-0.2, -0.15) is 0 Å². The molecule has 1 aromatic carbocycles. The molecule has 0 saturated carbocycles. The van der Waals surface area contributed by atoms with Crippen molar-refractivity contribution in [2.45, 2.75) is 52.5 Å². The third kappa shape index (κ3) is 3.38. The van der Waals surface area contributed by atoms with E-state index < -0.39 is 0 Å². The summed E-state index contributed by atoms with van der Waals surface area (Å²) in [7, 11) is 0. The lowest BCUT2D eigenvalue weighted by atomic mass is 10.1. The molecule has 19 heavy (non-hydrogen) atoms. The summed E-state index contributed by atoms with van der Waals surface area (Å²) >= 11 is 0. The summed E-state index contributed by atoms with van der Waals surface area (Å²) in [4.78, 5) is 0. The average molecular weight is 259 g/mol. The lowest BCUT2D eigenvalue weighted by molar-refractivity contribution is 0.421. The highest BCUT2D eigenvalue weighted by Crippen LogP contribution is 2.26. The second kappa shape index (κ2) is 6.76. The molecule has 0 bridgehead atoms. The molecule has 0 aliphatic carbocycles. The first-order chi connectivity index (χ1) is 9.28. The molecule has 1 unspecified atom stereocenters. The highest BCUT2D eigenvalue weighted by molar-refractivity contribution is 5.78. The van der Waals surface area contributed by atoms with Gasteiger partial charge in [-0.25, -0.2) is 0 Å². The molecule has 0 saturated heterocycles. The molecule has 0 amide bonds. The number of fused-ring (bicyclic) bond motifs is 1. The van der Waals surface area contributed by atoms with Crippen LogP contribution in [0.3, 0.4) is 0 Å². The van der Waals surface area contributed by atoms with E-state index in [-0.39, 0.29) is 0 Å². The zero-order valence-corrected chi connectivity index (χ0v) is 12.3. The third-order valence-corrected chi connectivity index (χ3v) is 3.53. The number of rotatable bonds is 7. The lowest BCUT2D eigenvalue weighted by Crippen LogP contribution is -2.20. The van der Waals surface area contributed by atoms with E-state index in [1.54, 1.807) is 0 Å². The topological polar surface area (TPSA) is 25.2 Å². The molecule has 0 aliphatic rings. The molecule has 1 N–H and O–H groups in total. The number of benzene rings is 1. The van der Waals surface area contributed by atoms with Gasteiger partial charge >= 0.3 is 0 Å². The van der Waals surface area contributed by atoms with E-state index in [9.17, 15) is 0 Å². The summed E-state index contributed by atoms with van der Waals surface area (Å²) in [6, 6.07) is 9.08. The zero-order valence-electron chi connectivity index (χ0n) is 12.3. The molecule has 104 valence electrons. The lowest BCUT2D eigenvalue weighted by Gasteiger charge is -2.13. The van der Waals surface area contributed by atoms with E-state index in [1.807, 2.05) is 0 Å². The van der Waals surface area contributed by atoms with E-state index >= 15 is 0 Å². The van der Waals surface area contributed by atoms with Crippen LogP contribution >= 0.6 is 0 Å². The standard InChI is InChI=1S/C17H25NO/c1-4-7-13-8-9-16-14(11-13)12-17(19-16)15(6-3)18-10-5-2/h8-9,11-12,15,18H,4-7,10H2,1-3H3. The zero-order chi connectivity index (χ0) is 13.7. The van der Waals surface area contributed by atoms with Crippen molar-refractivity contribution in [2.24, 2.45) is 0 Å². The molecular weight excluding hydrogens is 234 g/mol. The summed E-state index contributed by atoms with van der Waals surface area (Å²) < 4.78 is 5.99. The maximum atomic E-state index is 5.99. The fourth-order valence-corrected chi connectivity index (χ4v) is 2.49. The van der Waals surface area contributed by atoms with Gasteiger partial charge in [-0.1, -0.05) is 33.3 Å². The Morgan fingerprint density at radius 3 is 2.63 bits per heavy atom. The predicted octanol–water partition coefficient (Wildman–Crippen LogP) is 4.84. The maximum absolute atomic E-state index is 5.99.